The third kappa shape index (κ3) is 3.63. The van der Waals surface area contributed by atoms with E-state index in [2.05, 4.69) is 18.3 Å². The van der Waals surface area contributed by atoms with Crippen LogP contribution in [0.5, 0.6) is 5.75 Å². The molecule has 0 spiro atoms. The number of benzene rings is 1. The summed E-state index contributed by atoms with van der Waals surface area (Å²) in [6, 6.07) is 8.13. The van der Waals surface area contributed by atoms with E-state index in [0.717, 1.165) is 31.0 Å². The van der Waals surface area contributed by atoms with E-state index in [1.807, 2.05) is 18.2 Å². The highest BCUT2D eigenvalue weighted by Gasteiger charge is 2.18. The van der Waals surface area contributed by atoms with Gasteiger partial charge in [-0.3, -0.25) is 0 Å². The van der Waals surface area contributed by atoms with Gasteiger partial charge >= 0.3 is 0 Å². The van der Waals surface area contributed by atoms with Crippen LogP contribution in [0.25, 0.3) is 0 Å². The van der Waals surface area contributed by atoms with E-state index >= 15 is 0 Å². The summed E-state index contributed by atoms with van der Waals surface area (Å²) in [5.41, 5.74) is 1.09. The van der Waals surface area contributed by atoms with Gasteiger partial charge in [0.1, 0.15) is 11.9 Å². The molecule has 1 saturated heterocycles. The first-order chi connectivity index (χ1) is 8.40. The molecule has 1 aromatic rings. The Morgan fingerprint density at radius 2 is 2.29 bits per heavy atom. The molecular formula is C14H21NO2. The fourth-order valence-electron chi connectivity index (χ4n) is 1.90. The molecule has 0 saturated carbocycles. The standard InChI is InChI=1S/C14H21NO2/c1-2-3-9-15-13-6-4-5-7-14(13)17-12-8-10-16-11-12/h4-7,12,15H,2-3,8-11H2,1H3. The Kier molecular flexibility index (Phi) is 4.68. The summed E-state index contributed by atoms with van der Waals surface area (Å²) in [5.74, 6) is 0.944. The average Bonchev–Trinajstić information content (AvgIpc) is 2.84. The first kappa shape index (κ1) is 12.2. The number of hydrogen-bond donors (Lipinski definition) is 1. The fourth-order valence-corrected chi connectivity index (χ4v) is 1.90. The summed E-state index contributed by atoms with van der Waals surface area (Å²) in [4.78, 5) is 0. The molecule has 1 heterocycles. The summed E-state index contributed by atoms with van der Waals surface area (Å²) >= 11 is 0. The molecule has 1 aliphatic heterocycles. The average molecular weight is 235 g/mol. The second kappa shape index (κ2) is 6.50. The molecule has 1 atom stereocenters. The van der Waals surface area contributed by atoms with Gasteiger partial charge in [-0.25, -0.2) is 0 Å². The van der Waals surface area contributed by atoms with Crippen LogP contribution in [0.3, 0.4) is 0 Å². The van der Waals surface area contributed by atoms with Gasteiger partial charge in [0.15, 0.2) is 0 Å². The lowest BCUT2D eigenvalue weighted by Crippen LogP contribution is -2.16. The van der Waals surface area contributed by atoms with Crippen molar-refractivity contribution < 1.29 is 9.47 Å². The van der Waals surface area contributed by atoms with Crippen molar-refractivity contribution in [3.05, 3.63) is 24.3 Å². The number of rotatable bonds is 6. The fraction of sp³-hybridized carbons (Fsp3) is 0.571. The molecule has 1 N–H and O–H groups in total. The van der Waals surface area contributed by atoms with Gasteiger partial charge < -0.3 is 14.8 Å². The molecule has 0 bridgehead atoms. The summed E-state index contributed by atoms with van der Waals surface area (Å²) in [6.45, 7) is 4.72. The maximum Gasteiger partial charge on any atom is 0.142 e. The minimum Gasteiger partial charge on any atom is -0.486 e. The Morgan fingerprint density at radius 3 is 3.06 bits per heavy atom. The molecule has 0 radical (unpaired) electrons. The van der Waals surface area contributed by atoms with Crippen molar-refractivity contribution in [2.24, 2.45) is 0 Å². The van der Waals surface area contributed by atoms with Gasteiger partial charge in [-0.2, -0.15) is 0 Å². The number of ether oxygens (including phenoxy) is 2. The number of unbranched alkanes of at least 4 members (excludes halogenated alkanes) is 1. The highest BCUT2D eigenvalue weighted by atomic mass is 16.5. The second-order valence-corrected chi connectivity index (χ2v) is 4.38. The third-order valence-electron chi connectivity index (χ3n) is 2.91. The van der Waals surface area contributed by atoms with Gasteiger partial charge in [0.2, 0.25) is 0 Å². The van der Waals surface area contributed by atoms with Crippen molar-refractivity contribution in [2.75, 3.05) is 25.1 Å². The van der Waals surface area contributed by atoms with Crippen molar-refractivity contribution in [2.45, 2.75) is 32.3 Å². The van der Waals surface area contributed by atoms with Crippen molar-refractivity contribution in [1.29, 1.82) is 0 Å². The van der Waals surface area contributed by atoms with E-state index < -0.39 is 0 Å². The lowest BCUT2D eigenvalue weighted by atomic mass is 10.2. The minimum atomic E-state index is 0.212. The van der Waals surface area contributed by atoms with E-state index in [1.165, 1.54) is 12.8 Å². The molecule has 1 fully saturated rings. The first-order valence-electron chi connectivity index (χ1n) is 6.47. The third-order valence-corrected chi connectivity index (χ3v) is 2.91. The van der Waals surface area contributed by atoms with Gasteiger partial charge in [0.25, 0.3) is 0 Å². The van der Waals surface area contributed by atoms with Gasteiger partial charge in [-0.15, -0.1) is 0 Å². The number of anilines is 1. The quantitative estimate of drug-likeness (QED) is 0.769. The molecule has 1 aliphatic rings. The predicted octanol–water partition coefficient (Wildman–Crippen LogP) is 3.07. The Bertz CT molecular complexity index is 335. The summed E-state index contributed by atoms with van der Waals surface area (Å²) in [7, 11) is 0. The van der Waals surface area contributed by atoms with Crippen LogP contribution >= 0.6 is 0 Å². The zero-order valence-electron chi connectivity index (χ0n) is 10.4. The minimum absolute atomic E-state index is 0.212. The molecule has 1 aromatic carbocycles. The van der Waals surface area contributed by atoms with Crippen molar-refractivity contribution in [1.82, 2.24) is 0 Å². The van der Waals surface area contributed by atoms with E-state index in [4.69, 9.17) is 9.47 Å². The Morgan fingerprint density at radius 1 is 1.41 bits per heavy atom. The van der Waals surface area contributed by atoms with Crippen LogP contribution in [0.1, 0.15) is 26.2 Å². The molecule has 94 valence electrons. The summed E-state index contributed by atoms with van der Waals surface area (Å²) < 4.78 is 11.3. The second-order valence-electron chi connectivity index (χ2n) is 4.38. The number of para-hydroxylation sites is 2. The Labute approximate surface area is 103 Å². The first-order valence-corrected chi connectivity index (χ1v) is 6.47. The smallest absolute Gasteiger partial charge is 0.142 e. The van der Waals surface area contributed by atoms with Gasteiger partial charge in [0, 0.05) is 13.0 Å². The molecule has 0 amide bonds. The highest BCUT2D eigenvalue weighted by molar-refractivity contribution is 5.56. The van der Waals surface area contributed by atoms with Crippen LogP contribution in [-0.2, 0) is 4.74 Å². The summed E-state index contributed by atoms with van der Waals surface area (Å²) in [6.07, 6.45) is 3.58. The predicted molar refractivity (Wildman–Crippen MR) is 69.7 cm³/mol. The monoisotopic (exact) mass is 235 g/mol. The van der Waals surface area contributed by atoms with Crippen LogP contribution in [0.15, 0.2) is 24.3 Å². The molecule has 0 aliphatic carbocycles. The maximum absolute atomic E-state index is 5.95. The molecule has 17 heavy (non-hydrogen) atoms. The van der Waals surface area contributed by atoms with E-state index in [1.54, 1.807) is 0 Å². The SMILES string of the molecule is CCCCNc1ccccc1OC1CCOC1. The van der Waals surface area contributed by atoms with Gasteiger partial charge in [-0.1, -0.05) is 25.5 Å². The topological polar surface area (TPSA) is 30.5 Å². The van der Waals surface area contributed by atoms with Crippen molar-refractivity contribution in [3.63, 3.8) is 0 Å². The Hall–Kier alpha value is -1.22. The molecule has 1 unspecified atom stereocenters. The molecular weight excluding hydrogens is 214 g/mol. The van der Waals surface area contributed by atoms with E-state index in [0.29, 0.717) is 6.61 Å². The Balaban J connectivity index is 1.94. The van der Waals surface area contributed by atoms with Crippen LogP contribution < -0.4 is 10.1 Å². The van der Waals surface area contributed by atoms with Crippen LogP contribution in [-0.4, -0.2) is 25.9 Å². The largest absolute Gasteiger partial charge is 0.486 e. The van der Waals surface area contributed by atoms with Crippen molar-refractivity contribution >= 4 is 5.69 Å². The van der Waals surface area contributed by atoms with Crippen molar-refractivity contribution in [3.8, 4) is 5.75 Å². The molecule has 2 rings (SSSR count). The maximum atomic E-state index is 5.95. The zero-order chi connectivity index (χ0) is 11.9. The lowest BCUT2D eigenvalue weighted by Gasteiger charge is -2.16. The lowest BCUT2D eigenvalue weighted by molar-refractivity contribution is 0.142. The van der Waals surface area contributed by atoms with Gasteiger partial charge in [0.05, 0.1) is 18.9 Å². The highest BCUT2D eigenvalue weighted by Crippen LogP contribution is 2.26. The molecule has 0 aromatic heterocycles. The number of nitrogens with one attached hydrogen (secondary N) is 1. The number of hydrogen-bond acceptors (Lipinski definition) is 3. The van der Waals surface area contributed by atoms with E-state index in [9.17, 15) is 0 Å². The summed E-state index contributed by atoms with van der Waals surface area (Å²) in [5, 5.41) is 3.42. The molecule has 3 heteroatoms. The normalized spacial score (nSPS) is 19.2. The van der Waals surface area contributed by atoms with Gasteiger partial charge in [-0.05, 0) is 18.6 Å². The van der Waals surface area contributed by atoms with Crippen LogP contribution in [0.4, 0.5) is 5.69 Å². The van der Waals surface area contributed by atoms with Crippen LogP contribution in [0.2, 0.25) is 0 Å². The zero-order valence-corrected chi connectivity index (χ0v) is 10.4. The molecule has 3 nitrogen and oxygen atoms in total. The van der Waals surface area contributed by atoms with E-state index in [-0.39, 0.29) is 6.10 Å². The van der Waals surface area contributed by atoms with Crippen LogP contribution in [0, 0.1) is 0 Å².